The first-order valence-corrected chi connectivity index (χ1v) is 16.4. The van der Waals surface area contributed by atoms with Gasteiger partial charge in [0, 0.05) is 41.2 Å². The molecule has 5 aromatic rings. The van der Waals surface area contributed by atoms with E-state index in [1.807, 2.05) is 67.7 Å². The lowest BCUT2D eigenvalue weighted by atomic mass is 9.83. The third-order valence-electron chi connectivity index (χ3n) is 9.11. The van der Waals surface area contributed by atoms with Crippen LogP contribution in [0, 0.1) is 5.92 Å². The number of nitrogens with zero attached hydrogens (tertiary/aromatic N) is 4. The maximum atomic E-state index is 14.1. The number of methoxy groups -OCH3 is 1. The van der Waals surface area contributed by atoms with Crippen LogP contribution in [0.4, 0.5) is 17.1 Å². The number of hydrogen-bond donors (Lipinski definition) is 4. The highest BCUT2D eigenvalue weighted by Crippen LogP contribution is 2.47. The lowest BCUT2D eigenvalue weighted by molar-refractivity contribution is -0.139. The van der Waals surface area contributed by atoms with Crippen molar-refractivity contribution in [2.24, 2.45) is 5.92 Å². The first kappa shape index (κ1) is 34.1. The third-order valence-corrected chi connectivity index (χ3v) is 9.11. The van der Waals surface area contributed by atoms with Gasteiger partial charge in [0.05, 0.1) is 37.6 Å². The summed E-state index contributed by atoms with van der Waals surface area (Å²) in [6.07, 6.45) is 6.20. The molecule has 1 unspecified atom stereocenters. The number of nitrogens with one attached hydrogen (secondary N) is 1. The van der Waals surface area contributed by atoms with Crippen LogP contribution in [0.2, 0.25) is 0 Å². The second-order valence-electron chi connectivity index (χ2n) is 12.4. The molecule has 11 nitrogen and oxygen atoms in total. The molecule has 2 amide bonds. The molecule has 1 aromatic heterocycles. The van der Waals surface area contributed by atoms with Gasteiger partial charge in [-0.25, -0.2) is 0 Å². The lowest BCUT2D eigenvalue weighted by Gasteiger charge is -2.28. The van der Waals surface area contributed by atoms with Crippen molar-refractivity contribution in [1.82, 2.24) is 15.0 Å². The number of nitrogen functional groups attached to an aromatic ring is 1. The molecule has 1 aliphatic heterocycles. The van der Waals surface area contributed by atoms with E-state index in [9.17, 15) is 19.8 Å². The molecule has 1 aliphatic rings. The zero-order chi connectivity index (χ0) is 35.3. The lowest BCUT2D eigenvalue weighted by Crippen LogP contribution is -2.44. The summed E-state index contributed by atoms with van der Waals surface area (Å²) in [6.45, 7) is 2.49. The van der Waals surface area contributed by atoms with E-state index in [0.717, 1.165) is 11.1 Å². The monoisotopic (exact) mass is 672 g/mol. The number of benzene rings is 4. The molecular formula is C39H40N6O5. The topological polar surface area (TPSA) is 156 Å². The van der Waals surface area contributed by atoms with Crippen LogP contribution in [0.1, 0.15) is 52.0 Å². The molecule has 3 atom stereocenters. The molecule has 11 heteroatoms. The fourth-order valence-corrected chi connectivity index (χ4v) is 6.21. The van der Waals surface area contributed by atoms with Gasteiger partial charge in [-0.05, 0) is 72.1 Å². The fourth-order valence-electron chi connectivity index (χ4n) is 6.21. The van der Waals surface area contributed by atoms with Gasteiger partial charge in [-0.3, -0.25) is 14.3 Å². The second-order valence-corrected chi connectivity index (χ2v) is 12.4. The van der Waals surface area contributed by atoms with Crippen LogP contribution in [-0.4, -0.2) is 50.7 Å². The highest BCUT2D eigenvalue weighted by molar-refractivity contribution is 6.07. The number of rotatable bonds is 13. The molecule has 4 aromatic carbocycles. The predicted molar refractivity (Wildman–Crippen MR) is 192 cm³/mol. The quantitative estimate of drug-likeness (QED) is 0.0975. The molecule has 0 spiro atoms. The van der Waals surface area contributed by atoms with Crippen molar-refractivity contribution < 1.29 is 24.5 Å². The standard InChI is InChI=1S/C39H40N6O5/c1-26(8-6-7-21-44-24-35(42-43-44)33(25-46)28-9-4-3-5-10-28)39(49)34-22-32(50-2)19-20-36(34)45(38(39)48)23-27-11-17-31(18-12-27)41-37(47)29-13-15-30(40)16-14-29/h3-6,8-20,22,24,26,33,46,49H,7,21,23,25,40H2,1-2H3,(H,41,47)/b8-6+/t26-,33?,39+/m1/s1. The van der Waals surface area contributed by atoms with Gasteiger partial charge in [0.2, 0.25) is 0 Å². The summed E-state index contributed by atoms with van der Waals surface area (Å²) < 4.78 is 7.18. The van der Waals surface area contributed by atoms with E-state index in [-0.39, 0.29) is 25.0 Å². The van der Waals surface area contributed by atoms with Crippen LogP contribution in [0.25, 0.3) is 0 Å². The van der Waals surface area contributed by atoms with E-state index in [2.05, 4.69) is 15.6 Å². The number of ether oxygens (including phenoxy) is 1. The first-order valence-electron chi connectivity index (χ1n) is 16.4. The number of aliphatic hydroxyl groups is 2. The summed E-state index contributed by atoms with van der Waals surface area (Å²) in [4.78, 5) is 28.3. The van der Waals surface area contributed by atoms with Crippen LogP contribution in [-0.2, 0) is 23.5 Å². The Morgan fingerprint density at radius 3 is 2.48 bits per heavy atom. The minimum atomic E-state index is -1.82. The fraction of sp³-hybridized carbons (Fsp3) is 0.231. The smallest absolute Gasteiger partial charge is 0.264 e. The summed E-state index contributed by atoms with van der Waals surface area (Å²) in [5.41, 5.74) is 9.13. The van der Waals surface area contributed by atoms with Crippen LogP contribution < -0.4 is 20.7 Å². The number of hydrogen-bond acceptors (Lipinski definition) is 8. The maximum Gasteiger partial charge on any atom is 0.264 e. The third kappa shape index (κ3) is 7.00. The normalized spacial score (nSPS) is 16.7. The average molecular weight is 673 g/mol. The van der Waals surface area contributed by atoms with E-state index in [1.54, 1.807) is 71.3 Å². The Morgan fingerprint density at radius 2 is 1.78 bits per heavy atom. The van der Waals surface area contributed by atoms with Gasteiger partial charge in [0.1, 0.15) is 5.75 Å². The van der Waals surface area contributed by atoms with E-state index in [4.69, 9.17) is 10.5 Å². The van der Waals surface area contributed by atoms with Gasteiger partial charge in [-0.1, -0.05) is 66.8 Å². The van der Waals surface area contributed by atoms with E-state index in [0.29, 0.717) is 52.6 Å². The molecular weight excluding hydrogens is 632 g/mol. The minimum Gasteiger partial charge on any atom is -0.497 e. The number of aromatic nitrogens is 3. The number of nitrogens with two attached hydrogens (primary N) is 1. The predicted octanol–water partition coefficient (Wildman–Crippen LogP) is 5.26. The number of allylic oxidation sites excluding steroid dienone is 1. The van der Waals surface area contributed by atoms with Crippen molar-refractivity contribution in [2.75, 3.05) is 29.7 Å². The molecule has 2 heterocycles. The highest BCUT2D eigenvalue weighted by atomic mass is 16.5. The van der Waals surface area contributed by atoms with Crippen molar-refractivity contribution in [3.8, 4) is 5.75 Å². The molecule has 0 radical (unpaired) electrons. The molecule has 0 saturated carbocycles. The van der Waals surface area contributed by atoms with Crippen LogP contribution >= 0.6 is 0 Å². The maximum absolute atomic E-state index is 14.1. The van der Waals surface area contributed by atoms with Gasteiger partial charge in [-0.15, -0.1) is 5.10 Å². The number of carbonyl (C=O) groups is 2. The van der Waals surface area contributed by atoms with E-state index >= 15 is 0 Å². The van der Waals surface area contributed by atoms with Gasteiger partial charge >= 0.3 is 0 Å². The zero-order valence-electron chi connectivity index (χ0n) is 27.9. The first-order chi connectivity index (χ1) is 24.2. The summed E-state index contributed by atoms with van der Waals surface area (Å²) in [6, 6.07) is 28.9. The van der Waals surface area contributed by atoms with Crippen molar-refractivity contribution in [3.05, 3.63) is 143 Å². The SMILES string of the molecule is COc1ccc2c(c1)[C@@](O)([C@H](C)/C=C/CCn1cc(C(CO)c3ccccc3)nn1)C(=O)N2Cc1ccc(NC(=O)c2ccc(N)cc2)cc1. The zero-order valence-corrected chi connectivity index (χ0v) is 27.9. The van der Waals surface area contributed by atoms with E-state index < -0.39 is 17.4 Å². The molecule has 0 fully saturated rings. The number of aliphatic hydroxyl groups excluding tert-OH is 1. The Labute approximate surface area is 290 Å². The van der Waals surface area contributed by atoms with Crippen LogP contribution in [0.3, 0.4) is 0 Å². The molecule has 0 bridgehead atoms. The molecule has 50 heavy (non-hydrogen) atoms. The highest BCUT2D eigenvalue weighted by Gasteiger charge is 2.52. The van der Waals surface area contributed by atoms with Crippen molar-refractivity contribution in [2.45, 2.75) is 38.0 Å². The number of amides is 2. The second kappa shape index (κ2) is 14.8. The van der Waals surface area contributed by atoms with Gasteiger partial charge in [0.15, 0.2) is 5.60 Å². The van der Waals surface area contributed by atoms with Gasteiger partial charge in [0.25, 0.3) is 11.8 Å². The molecule has 256 valence electrons. The Hall–Kier alpha value is -5.78. The minimum absolute atomic E-state index is 0.0785. The Morgan fingerprint density at radius 1 is 1.04 bits per heavy atom. The number of aryl methyl sites for hydroxylation is 1. The number of anilines is 3. The van der Waals surface area contributed by atoms with Crippen LogP contribution in [0.15, 0.2) is 115 Å². The number of carbonyl (C=O) groups excluding carboxylic acids is 2. The van der Waals surface area contributed by atoms with Crippen LogP contribution in [0.5, 0.6) is 5.75 Å². The Bertz CT molecular complexity index is 1980. The summed E-state index contributed by atoms with van der Waals surface area (Å²) in [5.74, 6) is -0.988. The Balaban J connectivity index is 1.13. The molecule has 6 rings (SSSR count). The van der Waals surface area contributed by atoms with E-state index in [1.165, 1.54) is 0 Å². The van der Waals surface area contributed by atoms with Crippen molar-refractivity contribution >= 4 is 28.9 Å². The molecule has 0 aliphatic carbocycles. The average Bonchev–Trinajstić information content (AvgIpc) is 3.69. The number of fused-ring (bicyclic) bond motifs is 1. The largest absolute Gasteiger partial charge is 0.497 e. The van der Waals surface area contributed by atoms with Gasteiger partial charge in [-0.2, -0.15) is 0 Å². The molecule has 5 N–H and O–H groups in total. The molecule has 0 saturated heterocycles. The van der Waals surface area contributed by atoms with Crippen molar-refractivity contribution in [1.29, 1.82) is 0 Å². The Kier molecular flexibility index (Phi) is 10.1. The summed E-state index contributed by atoms with van der Waals surface area (Å²) in [5, 5.41) is 33.5. The summed E-state index contributed by atoms with van der Waals surface area (Å²) in [7, 11) is 1.55. The van der Waals surface area contributed by atoms with Crippen molar-refractivity contribution in [3.63, 3.8) is 0 Å². The van der Waals surface area contributed by atoms with Gasteiger partial charge < -0.3 is 30.9 Å². The summed E-state index contributed by atoms with van der Waals surface area (Å²) >= 11 is 0.